The average Bonchev–Trinajstić information content (AvgIpc) is 2.39. The van der Waals surface area contributed by atoms with Gasteiger partial charge < -0.3 is 21.3 Å². The van der Waals surface area contributed by atoms with Gasteiger partial charge in [0.1, 0.15) is 11.3 Å². The van der Waals surface area contributed by atoms with Gasteiger partial charge in [-0.15, -0.1) is 0 Å². The molecule has 21 heavy (non-hydrogen) atoms. The van der Waals surface area contributed by atoms with Crippen LogP contribution >= 0.6 is 11.6 Å². The molecule has 0 bridgehead atoms. The summed E-state index contributed by atoms with van der Waals surface area (Å²) >= 11 is 5.81. The zero-order chi connectivity index (χ0) is 15.6. The first-order valence-corrected chi connectivity index (χ1v) is 6.18. The molecule has 2 aromatic rings. The lowest BCUT2D eigenvalue weighted by Crippen LogP contribution is -2.13. The predicted octanol–water partition coefficient (Wildman–Crippen LogP) is 2.58. The summed E-state index contributed by atoms with van der Waals surface area (Å²) in [7, 11) is 0. The SMILES string of the molecule is Nc1cc(Cl)cc(C(=O)Nc2ccc(O)c(C(=O)O)c2)c1. The number of hydrogen-bond donors (Lipinski definition) is 4. The van der Waals surface area contributed by atoms with E-state index in [0.717, 1.165) is 6.07 Å². The molecular weight excluding hydrogens is 296 g/mol. The minimum absolute atomic E-state index is 0.230. The van der Waals surface area contributed by atoms with Gasteiger partial charge >= 0.3 is 5.97 Å². The van der Waals surface area contributed by atoms with Crippen molar-refractivity contribution in [3.8, 4) is 5.75 Å². The highest BCUT2D eigenvalue weighted by Crippen LogP contribution is 2.23. The number of carbonyl (C=O) groups excluding carboxylic acids is 1. The van der Waals surface area contributed by atoms with E-state index in [1.807, 2.05) is 0 Å². The number of hydrogen-bond acceptors (Lipinski definition) is 4. The largest absolute Gasteiger partial charge is 0.507 e. The van der Waals surface area contributed by atoms with Crippen molar-refractivity contribution >= 4 is 34.9 Å². The maximum atomic E-state index is 12.0. The summed E-state index contributed by atoms with van der Waals surface area (Å²) < 4.78 is 0. The van der Waals surface area contributed by atoms with E-state index in [0.29, 0.717) is 10.7 Å². The Labute approximate surface area is 124 Å². The van der Waals surface area contributed by atoms with Crippen molar-refractivity contribution in [2.24, 2.45) is 0 Å². The molecule has 0 spiro atoms. The number of amides is 1. The topological polar surface area (TPSA) is 113 Å². The highest BCUT2D eigenvalue weighted by atomic mass is 35.5. The molecule has 0 unspecified atom stereocenters. The van der Waals surface area contributed by atoms with E-state index in [1.165, 1.54) is 30.3 Å². The van der Waals surface area contributed by atoms with Crippen molar-refractivity contribution in [2.45, 2.75) is 0 Å². The minimum Gasteiger partial charge on any atom is -0.507 e. The van der Waals surface area contributed by atoms with Crippen LogP contribution in [0.5, 0.6) is 5.75 Å². The number of anilines is 2. The van der Waals surface area contributed by atoms with E-state index in [4.69, 9.17) is 22.4 Å². The Hall–Kier alpha value is -2.73. The van der Waals surface area contributed by atoms with E-state index in [9.17, 15) is 14.7 Å². The van der Waals surface area contributed by atoms with Gasteiger partial charge in [0.2, 0.25) is 0 Å². The Bertz CT molecular complexity index is 711. The van der Waals surface area contributed by atoms with Gasteiger partial charge in [-0.25, -0.2) is 4.79 Å². The monoisotopic (exact) mass is 306 g/mol. The van der Waals surface area contributed by atoms with Crippen LogP contribution in [0.15, 0.2) is 36.4 Å². The van der Waals surface area contributed by atoms with Crippen LogP contribution in [0, 0.1) is 0 Å². The number of rotatable bonds is 3. The van der Waals surface area contributed by atoms with Gasteiger partial charge in [-0.3, -0.25) is 4.79 Å². The van der Waals surface area contributed by atoms with Crippen LogP contribution in [-0.4, -0.2) is 22.1 Å². The summed E-state index contributed by atoms with van der Waals surface area (Å²) in [5.74, 6) is -2.17. The quantitative estimate of drug-likeness (QED) is 0.514. The summed E-state index contributed by atoms with van der Waals surface area (Å²) in [5, 5.41) is 21.1. The highest BCUT2D eigenvalue weighted by Gasteiger charge is 2.13. The number of nitrogens with two attached hydrogens (primary N) is 1. The summed E-state index contributed by atoms with van der Waals surface area (Å²) in [6.07, 6.45) is 0. The number of aromatic hydroxyl groups is 1. The Kier molecular flexibility index (Phi) is 4.00. The van der Waals surface area contributed by atoms with Crippen LogP contribution in [0.1, 0.15) is 20.7 Å². The third kappa shape index (κ3) is 3.43. The number of carboxylic acid groups (broad SMARTS) is 1. The number of carboxylic acids is 1. The van der Waals surface area contributed by atoms with Gasteiger partial charge in [-0.05, 0) is 36.4 Å². The van der Waals surface area contributed by atoms with Crippen molar-refractivity contribution in [1.29, 1.82) is 0 Å². The average molecular weight is 307 g/mol. The van der Waals surface area contributed by atoms with Gasteiger partial charge in [-0.2, -0.15) is 0 Å². The first-order chi connectivity index (χ1) is 9.86. The Morgan fingerprint density at radius 1 is 1.14 bits per heavy atom. The number of nitrogen functional groups attached to an aromatic ring is 1. The van der Waals surface area contributed by atoms with Gasteiger partial charge in [0.25, 0.3) is 5.91 Å². The summed E-state index contributed by atoms with van der Waals surface area (Å²) in [6, 6.07) is 8.11. The Morgan fingerprint density at radius 3 is 2.48 bits per heavy atom. The predicted molar refractivity (Wildman–Crippen MR) is 78.9 cm³/mol. The summed E-state index contributed by atoms with van der Waals surface area (Å²) in [5.41, 5.74) is 6.10. The smallest absolute Gasteiger partial charge is 0.339 e. The van der Waals surface area contributed by atoms with E-state index in [2.05, 4.69) is 5.32 Å². The lowest BCUT2D eigenvalue weighted by atomic mass is 10.1. The van der Waals surface area contributed by atoms with Crippen molar-refractivity contribution in [2.75, 3.05) is 11.1 Å². The zero-order valence-electron chi connectivity index (χ0n) is 10.6. The Morgan fingerprint density at radius 2 is 1.86 bits per heavy atom. The van der Waals surface area contributed by atoms with Crippen molar-refractivity contribution in [3.05, 3.63) is 52.5 Å². The van der Waals surface area contributed by atoms with Crippen LogP contribution < -0.4 is 11.1 Å². The van der Waals surface area contributed by atoms with Gasteiger partial charge in [0.15, 0.2) is 0 Å². The molecule has 0 saturated heterocycles. The van der Waals surface area contributed by atoms with Gasteiger partial charge in [-0.1, -0.05) is 11.6 Å². The minimum atomic E-state index is -1.30. The van der Waals surface area contributed by atoms with E-state index in [1.54, 1.807) is 0 Å². The number of aromatic carboxylic acids is 1. The normalized spacial score (nSPS) is 10.1. The number of halogens is 1. The maximum Gasteiger partial charge on any atom is 0.339 e. The van der Waals surface area contributed by atoms with Crippen LogP contribution in [0.4, 0.5) is 11.4 Å². The molecule has 108 valence electrons. The number of carbonyl (C=O) groups is 2. The zero-order valence-corrected chi connectivity index (χ0v) is 11.4. The molecule has 2 aromatic carbocycles. The molecule has 2 rings (SSSR count). The van der Waals surface area contributed by atoms with Crippen molar-refractivity contribution in [1.82, 2.24) is 0 Å². The van der Waals surface area contributed by atoms with E-state index in [-0.39, 0.29) is 22.6 Å². The standard InChI is InChI=1S/C14H11ClN2O4/c15-8-3-7(4-9(16)5-8)13(19)17-10-1-2-12(18)11(6-10)14(20)21/h1-6,18H,16H2,(H,17,19)(H,20,21). The molecular formula is C14H11ClN2O4. The fourth-order valence-electron chi connectivity index (χ4n) is 1.73. The highest BCUT2D eigenvalue weighted by molar-refractivity contribution is 6.31. The van der Waals surface area contributed by atoms with Gasteiger partial charge in [0, 0.05) is 22.0 Å². The molecule has 0 aliphatic carbocycles. The lowest BCUT2D eigenvalue weighted by molar-refractivity contribution is 0.0693. The molecule has 0 atom stereocenters. The molecule has 0 aromatic heterocycles. The summed E-state index contributed by atoms with van der Waals surface area (Å²) in [6.45, 7) is 0. The van der Waals surface area contributed by atoms with E-state index < -0.39 is 11.9 Å². The summed E-state index contributed by atoms with van der Waals surface area (Å²) in [4.78, 5) is 23.0. The van der Waals surface area contributed by atoms with Crippen LogP contribution in [-0.2, 0) is 0 Å². The molecule has 0 saturated carbocycles. The second-order valence-corrected chi connectivity index (χ2v) is 4.70. The molecule has 0 heterocycles. The second kappa shape index (κ2) is 5.72. The van der Waals surface area contributed by atoms with Crippen LogP contribution in [0.25, 0.3) is 0 Å². The Balaban J connectivity index is 2.27. The molecule has 7 heteroatoms. The van der Waals surface area contributed by atoms with Crippen LogP contribution in [0.2, 0.25) is 5.02 Å². The molecule has 0 aliphatic rings. The fraction of sp³-hybridized carbons (Fsp3) is 0. The number of benzene rings is 2. The van der Waals surface area contributed by atoms with Crippen molar-refractivity contribution < 1.29 is 19.8 Å². The first kappa shape index (κ1) is 14.7. The number of nitrogens with one attached hydrogen (secondary N) is 1. The maximum absolute atomic E-state index is 12.0. The van der Waals surface area contributed by atoms with Gasteiger partial charge in [0.05, 0.1) is 0 Å². The molecule has 0 aliphatic heterocycles. The molecule has 0 fully saturated rings. The van der Waals surface area contributed by atoms with E-state index >= 15 is 0 Å². The van der Waals surface area contributed by atoms with Crippen LogP contribution in [0.3, 0.4) is 0 Å². The fourth-order valence-corrected chi connectivity index (χ4v) is 1.98. The third-order valence-corrected chi connectivity index (χ3v) is 2.89. The molecule has 0 radical (unpaired) electrons. The third-order valence-electron chi connectivity index (χ3n) is 2.67. The molecule has 1 amide bonds. The lowest BCUT2D eigenvalue weighted by Gasteiger charge is -2.08. The molecule has 5 N–H and O–H groups in total. The first-order valence-electron chi connectivity index (χ1n) is 5.80. The molecule has 6 nitrogen and oxygen atoms in total. The van der Waals surface area contributed by atoms with Crippen molar-refractivity contribution in [3.63, 3.8) is 0 Å². The number of phenols is 1. The second-order valence-electron chi connectivity index (χ2n) is 4.26.